The van der Waals surface area contributed by atoms with Gasteiger partial charge in [0, 0.05) is 28.6 Å². The summed E-state index contributed by atoms with van der Waals surface area (Å²) in [4.78, 5) is 30.0. The zero-order chi connectivity index (χ0) is 19.1. The molecule has 0 saturated carbocycles. The summed E-state index contributed by atoms with van der Waals surface area (Å²) in [6, 6.07) is 7.04. The number of nitrogens with zero attached hydrogens (tertiary/aromatic N) is 2. The van der Waals surface area contributed by atoms with Crippen molar-refractivity contribution in [3.8, 4) is 5.75 Å². The van der Waals surface area contributed by atoms with Crippen LogP contribution in [0.4, 0.5) is 5.69 Å². The van der Waals surface area contributed by atoms with Gasteiger partial charge in [0.05, 0.1) is 18.8 Å². The number of piperazine rings is 1. The Bertz CT molecular complexity index is 926. The molecule has 5 nitrogen and oxygen atoms in total. The zero-order valence-corrected chi connectivity index (χ0v) is 16.6. The first-order valence-electron chi connectivity index (χ1n) is 8.69. The third-order valence-electron chi connectivity index (χ3n) is 5.10. The van der Waals surface area contributed by atoms with Gasteiger partial charge in [-0.15, -0.1) is 11.3 Å². The summed E-state index contributed by atoms with van der Waals surface area (Å²) in [5, 5.41) is 2.56. The Balaban J connectivity index is 1.55. The molecule has 2 amide bonds. The molecule has 0 N–H and O–H groups in total. The molecule has 27 heavy (non-hydrogen) atoms. The minimum Gasteiger partial charge on any atom is -0.495 e. The number of carbonyl (C=O) groups is 2. The van der Waals surface area contributed by atoms with E-state index in [1.54, 1.807) is 46.5 Å². The van der Waals surface area contributed by atoms with Crippen molar-refractivity contribution in [2.75, 3.05) is 18.6 Å². The standard InChI is InChI=1S/C20H19ClN2O3S/c1-12-8-16(18(26-2)10-15(12)21)23-13-9-17(20(23)25)22(11-13)19(24)6-5-14-4-3-7-27-14/h3-8,10,13,17H,9,11H2,1-2H3/t13-,17-/m0/s1. The van der Waals surface area contributed by atoms with E-state index in [4.69, 9.17) is 16.3 Å². The first kappa shape index (κ1) is 18.1. The largest absolute Gasteiger partial charge is 0.495 e. The molecule has 2 aliphatic heterocycles. The molecule has 0 spiro atoms. The van der Waals surface area contributed by atoms with Crippen molar-refractivity contribution in [1.29, 1.82) is 0 Å². The number of amides is 2. The van der Waals surface area contributed by atoms with E-state index in [0.29, 0.717) is 23.7 Å². The minimum absolute atomic E-state index is 0.0453. The van der Waals surface area contributed by atoms with Crippen LogP contribution in [0.1, 0.15) is 16.9 Å². The van der Waals surface area contributed by atoms with Gasteiger partial charge in [0.15, 0.2) is 0 Å². The highest BCUT2D eigenvalue weighted by Gasteiger charge is 2.52. The number of carbonyl (C=O) groups excluding carboxylic acids is 2. The van der Waals surface area contributed by atoms with Crippen LogP contribution in [0, 0.1) is 6.92 Å². The highest BCUT2D eigenvalue weighted by Crippen LogP contribution is 2.41. The van der Waals surface area contributed by atoms with Crippen LogP contribution in [0.25, 0.3) is 6.08 Å². The van der Waals surface area contributed by atoms with Gasteiger partial charge < -0.3 is 14.5 Å². The van der Waals surface area contributed by atoms with Gasteiger partial charge >= 0.3 is 0 Å². The van der Waals surface area contributed by atoms with Crippen LogP contribution >= 0.6 is 22.9 Å². The van der Waals surface area contributed by atoms with Crippen LogP contribution in [0.3, 0.4) is 0 Å². The topological polar surface area (TPSA) is 49.9 Å². The molecule has 7 heteroatoms. The second-order valence-electron chi connectivity index (χ2n) is 6.73. The highest BCUT2D eigenvalue weighted by molar-refractivity contribution is 7.10. The Hall–Kier alpha value is -2.31. The van der Waals surface area contributed by atoms with Gasteiger partial charge in [-0.05, 0) is 42.5 Å². The summed E-state index contributed by atoms with van der Waals surface area (Å²) in [5.41, 5.74) is 1.60. The summed E-state index contributed by atoms with van der Waals surface area (Å²) in [6.45, 7) is 2.42. The van der Waals surface area contributed by atoms with E-state index in [-0.39, 0.29) is 17.9 Å². The molecule has 1 aromatic heterocycles. The molecule has 2 saturated heterocycles. The fraction of sp³-hybridized carbons (Fsp3) is 0.300. The molecule has 3 heterocycles. The number of methoxy groups -OCH3 is 1. The Labute approximate surface area is 166 Å². The number of aryl methyl sites for hydroxylation is 1. The van der Waals surface area contributed by atoms with Crippen molar-refractivity contribution in [2.45, 2.75) is 25.4 Å². The average molecular weight is 403 g/mol. The summed E-state index contributed by atoms with van der Waals surface area (Å²) < 4.78 is 5.43. The summed E-state index contributed by atoms with van der Waals surface area (Å²) in [5.74, 6) is 0.384. The number of likely N-dealkylation sites (tertiary alicyclic amines) is 1. The van der Waals surface area contributed by atoms with Crippen molar-refractivity contribution in [3.05, 3.63) is 51.2 Å². The second-order valence-corrected chi connectivity index (χ2v) is 8.11. The van der Waals surface area contributed by atoms with Crippen molar-refractivity contribution in [1.82, 2.24) is 4.90 Å². The number of anilines is 1. The molecule has 4 rings (SSSR count). The first-order valence-corrected chi connectivity index (χ1v) is 9.94. The lowest BCUT2D eigenvalue weighted by molar-refractivity contribution is -0.134. The second kappa shape index (κ2) is 7.02. The van der Waals surface area contributed by atoms with Crippen molar-refractivity contribution >= 4 is 46.5 Å². The predicted molar refractivity (Wildman–Crippen MR) is 107 cm³/mol. The van der Waals surface area contributed by atoms with Crippen LogP contribution in [0.2, 0.25) is 5.02 Å². The normalized spacial score (nSPS) is 21.5. The first-order chi connectivity index (χ1) is 13.0. The molecule has 1 aromatic carbocycles. The lowest BCUT2D eigenvalue weighted by Crippen LogP contribution is -2.52. The fourth-order valence-electron chi connectivity index (χ4n) is 3.77. The van der Waals surface area contributed by atoms with Gasteiger partial charge in [0.2, 0.25) is 11.8 Å². The monoisotopic (exact) mass is 402 g/mol. The molecule has 0 aliphatic carbocycles. The average Bonchev–Trinajstić information content (AvgIpc) is 3.38. The number of halogens is 1. The highest BCUT2D eigenvalue weighted by atomic mass is 35.5. The number of hydrogen-bond acceptors (Lipinski definition) is 4. The molecule has 2 aromatic rings. The number of fused-ring (bicyclic) bond motifs is 2. The lowest BCUT2D eigenvalue weighted by atomic mass is 10.1. The number of benzene rings is 1. The van der Waals surface area contributed by atoms with Gasteiger partial charge in [-0.25, -0.2) is 0 Å². The van der Waals surface area contributed by atoms with Gasteiger partial charge in [0.25, 0.3) is 0 Å². The molecule has 2 atom stereocenters. The third kappa shape index (κ3) is 3.13. The molecule has 2 aliphatic rings. The molecule has 2 fully saturated rings. The van der Waals surface area contributed by atoms with E-state index in [9.17, 15) is 9.59 Å². The van der Waals surface area contributed by atoms with Gasteiger partial charge in [-0.1, -0.05) is 17.7 Å². The van der Waals surface area contributed by atoms with Crippen molar-refractivity contribution in [2.24, 2.45) is 0 Å². The minimum atomic E-state index is -0.420. The molecule has 0 unspecified atom stereocenters. The van der Waals surface area contributed by atoms with Crippen LogP contribution in [0.15, 0.2) is 35.7 Å². The van der Waals surface area contributed by atoms with Crippen LogP contribution in [-0.2, 0) is 9.59 Å². The SMILES string of the molecule is COc1cc(Cl)c(C)cc1N1C(=O)[C@@H]2C[C@H]1CN2C(=O)C=Cc1cccs1. The predicted octanol–water partition coefficient (Wildman–Crippen LogP) is 3.75. The molecular weight excluding hydrogens is 384 g/mol. The summed E-state index contributed by atoms with van der Waals surface area (Å²) >= 11 is 7.76. The maximum absolute atomic E-state index is 13.0. The summed E-state index contributed by atoms with van der Waals surface area (Å²) in [7, 11) is 1.56. The quantitative estimate of drug-likeness (QED) is 0.732. The Kier molecular flexibility index (Phi) is 4.70. The van der Waals surface area contributed by atoms with E-state index in [2.05, 4.69) is 0 Å². The van der Waals surface area contributed by atoms with Gasteiger partial charge in [-0.3, -0.25) is 9.59 Å². The van der Waals surface area contributed by atoms with Crippen molar-refractivity contribution < 1.29 is 14.3 Å². The van der Waals surface area contributed by atoms with E-state index in [0.717, 1.165) is 16.1 Å². The molecule has 0 radical (unpaired) electrons. The van der Waals surface area contributed by atoms with E-state index in [1.807, 2.05) is 30.5 Å². The van der Waals surface area contributed by atoms with Crippen LogP contribution < -0.4 is 9.64 Å². The Morgan fingerprint density at radius 2 is 2.22 bits per heavy atom. The number of ether oxygens (including phenoxy) is 1. The third-order valence-corrected chi connectivity index (χ3v) is 6.35. The van der Waals surface area contributed by atoms with E-state index < -0.39 is 6.04 Å². The van der Waals surface area contributed by atoms with Crippen LogP contribution in [0.5, 0.6) is 5.75 Å². The Morgan fingerprint density at radius 1 is 1.41 bits per heavy atom. The van der Waals surface area contributed by atoms with E-state index in [1.165, 1.54) is 0 Å². The number of thiophene rings is 1. The molecule has 140 valence electrons. The lowest BCUT2D eigenvalue weighted by Gasteiger charge is -2.34. The number of hydrogen-bond donors (Lipinski definition) is 0. The maximum atomic E-state index is 13.0. The fourth-order valence-corrected chi connectivity index (χ4v) is 4.54. The molecule has 2 bridgehead atoms. The van der Waals surface area contributed by atoms with Gasteiger partial charge in [0.1, 0.15) is 11.8 Å². The zero-order valence-electron chi connectivity index (χ0n) is 15.0. The van der Waals surface area contributed by atoms with Gasteiger partial charge in [-0.2, -0.15) is 0 Å². The smallest absolute Gasteiger partial charge is 0.250 e. The maximum Gasteiger partial charge on any atom is 0.250 e. The van der Waals surface area contributed by atoms with Crippen LogP contribution in [-0.4, -0.2) is 42.5 Å². The van der Waals surface area contributed by atoms with Crippen molar-refractivity contribution in [3.63, 3.8) is 0 Å². The number of rotatable bonds is 4. The molecular formula is C20H19ClN2O3S. The Morgan fingerprint density at radius 3 is 2.89 bits per heavy atom. The van der Waals surface area contributed by atoms with E-state index >= 15 is 0 Å². The summed E-state index contributed by atoms with van der Waals surface area (Å²) in [6.07, 6.45) is 3.99.